The predicted molar refractivity (Wildman–Crippen MR) is 74.8 cm³/mol. The molecule has 0 spiro atoms. The van der Waals surface area contributed by atoms with E-state index in [1.54, 1.807) is 14.2 Å². The van der Waals surface area contributed by atoms with Crippen LogP contribution < -0.4 is 15.0 Å². The summed E-state index contributed by atoms with van der Waals surface area (Å²) in [7, 11) is 4.67. The molecule has 0 heterocycles. The summed E-state index contributed by atoms with van der Waals surface area (Å²) >= 11 is 0. The number of ether oxygens (including phenoxy) is 2. The molecule has 5 nitrogen and oxygen atoms in total. The number of methoxy groups -OCH3 is 2. The molecular weight excluding hydrogens is 258 g/mol. The fourth-order valence-corrected chi connectivity index (χ4v) is 2.49. The molecular formula is C15H21NO4. The minimum absolute atomic E-state index is 0.0980. The first-order valence-electron chi connectivity index (χ1n) is 6.73. The predicted octanol–water partition coefficient (Wildman–Crippen LogP) is 2.27. The Kier molecular flexibility index (Phi) is 4.84. The van der Waals surface area contributed by atoms with E-state index in [-0.39, 0.29) is 11.8 Å². The van der Waals surface area contributed by atoms with E-state index < -0.39 is 0 Å². The van der Waals surface area contributed by atoms with Crippen LogP contribution in [0, 0.1) is 5.92 Å². The molecule has 0 bridgehead atoms. The molecule has 0 radical (unpaired) electrons. The Morgan fingerprint density at radius 1 is 1.25 bits per heavy atom. The number of rotatable bonds is 7. The lowest BCUT2D eigenvalue weighted by Crippen LogP contribution is -2.24. The van der Waals surface area contributed by atoms with E-state index in [2.05, 4.69) is 10.3 Å². The average Bonchev–Trinajstić information content (AvgIpc) is 3.29. The van der Waals surface area contributed by atoms with Gasteiger partial charge in [0.1, 0.15) is 0 Å². The van der Waals surface area contributed by atoms with Crippen molar-refractivity contribution >= 4 is 5.91 Å². The Morgan fingerprint density at radius 3 is 2.50 bits per heavy atom. The maximum atomic E-state index is 11.7. The second kappa shape index (κ2) is 6.61. The molecule has 0 aromatic heterocycles. The number of nitrogens with one attached hydrogen (secondary N) is 1. The molecule has 1 aromatic carbocycles. The summed E-state index contributed by atoms with van der Waals surface area (Å²) in [4.78, 5) is 16.4. The standard InChI is InChI=1S/C15H21NO4/c1-18-13-7-6-11(8-14(13)19-2)12(10-4-5-10)9-15(17)16-20-3/h6-8,10,12H,4-5,9H2,1-3H3,(H,16,17). The van der Waals surface area contributed by atoms with Crippen LogP contribution in [0.25, 0.3) is 0 Å². The second-order valence-corrected chi connectivity index (χ2v) is 4.99. The molecule has 1 amide bonds. The molecule has 1 saturated carbocycles. The second-order valence-electron chi connectivity index (χ2n) is 4.99. The summed E-state index contributed by atoms with van der Waals surface area (Å²) in [6.07, 6.45) is 2.76. The lowest BCUT2D eigenvalue weighted by Gasteiger charge is -2.18. The highest BCUT2D eigenvalue weighted by atomic mass is 16.6. The van der Waals surface area contributed by atoms with Gasteiger partial charge in [0.05, 0.1) is 21.3 Å². The van der Waals surface area contributed by atoms with E-state index >= 15 is 0 Å². The van der Waals surface area contributed by atoms with E-state index in [9.17, 15) is 4.79 Å². The number of benzene rings is 1. The molecule has 1 fully saturated rings. The van der Waals surface area contributed by atoms with Gasteiger partial charge in [-0.25, -0.2) is 5.48 Å². The highest BCUT2D eigenvalue weighted by molar-refractivity contribution is 5.76. The van der Waals surface area contributed by atoms with Crippen LogP contribution in [0.5, 0.6) is 11.5 Å². The van der Waals surface area contributed by atoms with Gasteiger partial charge in [-0.15, -0.1) is 0 Å². The lowest BCUT2D eigenvalue weighted by molar-refractivity contribution is -0.131. The Balaban J connectivity index is 2.18. The van der Waals surface area contributed by atoms with E-state index in [4.69, 9.17) is 9.47 Å². The SMILES string of the molecule is CONC(=O)CC(c1ccc(OC)c(OC)c1)C1CC1. The third kappa shape index (κ3) is 3.42. The lowest BCUT2D eigenvalue weighted by atomic mass is 9.90. The van der Waals surface area contributed by atoms with Crippen molar-refractivity contribution < 1.29 is 19.1 Å². The first-order valence-corrected chi connectivity index (χ1v) is 6.73. The molecule has 1 aromatic rings. The van der Waals surface area contributed by atoms with Crippen molar-refractivity contribution in [3.8, 4) is 11.5 Å². The van der Waals surface area contributed by atoms with Gasteiger partial charge < -0.3 is 9.47 Å². The van der Waals surface area contributed by atoms with E-state index in [1.807, 2.05) is 18.2 Å². The molecule has 1 atom stereocenters. The highest BCUT2D eigenvalue weighted by Gasteiger charge is 2.34. The van der Waals surface area contributed by atoms with E-state index in [0.29, 0.717) is 23.8 Å². The van der Waals surface area contributed by atoms with E-state index in [1.165, 1.54) is 20.0 Å². The fraction of sp³-hybridized carbons (Fsp3) is 0.533. The maximum Gasteiger partial charge on any atom is 0.244 e. The molecule has 0 aliphatic heterocycles. The van der Waals surface area contributed by atoms with Crippen molar-refractivity contribution in [1.29, 1.82) is 0 Å². The van der Waals surface area contributed by atoms with Gasteiger partial charge in [-0.3, -0.25) is 9.63 Å². The first-order chi connectivity index (χ1) is 9.69. The summed E-state index contributed by atoms with van der Waals surface area (Å²) in [6, 6.07) is 5.85. The zero-order valence-corrected chi connectivity index (χ0v) is 12.1. The number of hydroxylamine groups is 1. The summed E-state index contributed by atoms with van der Waals surface area (Å²) in [5.41, 5.74) is 3.49. The molecule has 1 aliphatic rings. The van der Waals surface area contributed by atoms with Gasteiger partial charge in [-0.1, -0.05) is 6.07 Å². The van der Waals surface area contributed by atoms with Gasteiger partial charge in [-0.2, -0.15) is 0 Å². The highest BCUT2D eigenvalue weighted by Crippen LogP contribution is 2.46. The molecule has 2 rings (SSSR count). The van der Waals surface area contributed by atoms with Crippen LogP contribution in [0.4, 0.5) is 0 Å². The number of amides is 1. The minimum Gasteiger partial charge on any atom is -0.493 e. The van der Waals surface area contributed by atoms with Crippen LogP contribution in [0.2, 0.25) is 0 Å². The average molecular weight is 279 g/mol. The zero-order chi connectivity index (χ0) is 14.5. The van der Waals surface area contributed by atoms with Gasteiger partial charge in [0.2, 0.25) is 5.91 Å². The largest absolute Gasteiger partial charge is 0.493 e. The Bertz CT molecular complexity index is 471. The third-order valence-electron chi connectivity index (χ3n) is 3.65. The van der Waals surface area contributed by atoms with Crippen molar-refractivity contribution in [3.63, 3.8) is 0 Å². The topological polar surface area (TPSA) is 56.8 Å². The molecule has 1 N–H and O–H groups in total. The quantitative estimate of drug-likeness (QED) is 0.778. The first kappa shape index (κ1) is 14.7. The maximum absolute atomic E-state index is 11.7. The molecule has 5 heteroatoms. The van der Waals surface area contributed by atoms with Gasteiger partial charge >= 0.3 is 0 Å². The summed E-state index contributed by atoms with van der Waals surface area (Å²) in [5, 5.41) is 0. The van der Waals surface area contributed by atoms with Crippen LogP contribution in [0.1, 0.15) is 30.7 Å². The summed E-state index contributed by atoms with van der Waals surface area (Å²) in [5.74, 6) is 2.06. The zero-order valence-electron chi connectivity index (χ0n) is 12.1. The normalized spacial score (nSPS) is 15.6. The van der Waals surface area contributed by atoms with Crippen molar-refractivity contribution in [3.05, 3.63) is 23.8 Å². The minimum atomic E-state index is -0.0980. The van der Waals surface area contributed by atoms with Crippen LogP contribution in [-0.2, 0) is 9.63 Å². The molecule has 1 aliphatic carbocycles. The van der Waals surface area contributed by atoms with Gasteiger partial charge in [0.15, 0.2) is 11.5 Å². The van der Waals surface area contributed by atoms with Crippen molar-refractivity contribution in [1.82, 2.24) is 5.48 Å². The van der Waals surface area contributed by atoms with Crippen molar-refractivity contribution in [2.24, 2.45) is 5.92 Å². The Morgan fingerprint density at radius 2 is 1.95 bits per heavy atom. The smallest absolute Gasteiger partial charge is 0.244 e. The number of carbonyl (C=O) groups excluding carboxylic acids is 1. The Hall–Kier alpha value is -1.75. The van der Waals surface area contributed by atoms with Gasteiger partial charge in [0, 0.05) is 6.42 Å². The molecule has 0 saturated heterocycles. The fourth-order valence-electron chi connectivity index (χ4n) is 2.49. The number of carbonyl (C=O) groups is 1. The summed E-state index contributed by atoms with van der Waals surface area (Å²) in [6.45, 7) is 0. The van der Waals surface area contributed by atoms with Crippen LogP contribution >= 0.6 is 0 Å². The Labute approximate surface area is 119 Å². The number of hydrogen-bond donors (Lipinski definition) is 1. The van der Waals surface area contributed by atoms with Gasteiger partial charge in [-0.05, 0) is 42.4 Å². The molecule has 20 heavy (non-hydrogen) atoms. The molecule has 1 unspecified atom stereocenters. The van der Waals surface area contributed by atoms with Crippen molar-refractivity contribution in [2.45, 2.75) is 25.2 Å². The molecule has 110 valence electrons. The van der Waals surface area contributed by atoms with Gasteiger partial charge in [0.25, 0.3) is 0 Å². The van der Waals surface area contributed by atoms with Crippen LogP contribution in [0.15, 0.2) is 18.2 Å². The third-order valence-corrected chi connectivity index (χ3v) is 3.65. The van der Waals surface area contributed by atoms with Crippen LogP contribution in [0.3, 0.4) is 0 Å². The van der Waals surface area contributed by atoms with Crippen molar-refractivity contribution in [2.75, 3.05) is 21.3 Å². The summed E-state index contributed by atoms with van der Waals surface area (Å²) < 4.78 is 10.6. The number of hydrogen-bond acceptors (Lipinski definition) is 4. The monoisotopic (exact) mass is 279 g/mol. The van der Waals surface area contributed by atoms with Crippen LogP contribution in [-0.4, -0.2) is 27.2 Å². The van der Waals surface area contributed by atoms with E-state index in [0.717, 1.165) is 5.56 Å².